The molecule has 1 saturated heterocycles. The molecule has 3 aromatic rings. The Bertz CT molecular complexity index is 990. The smallest absolute Gasteiger partial charge is 0.204 e. The Kier molecular flexibility index (Phi) is 5.29. The molecule has 4 rings (SSSR count). The normalized spacial score (nSPS) is 14.6. The zero-order valence-corrected chi connectivity index (χ0v) is 16.7. The standard InChI is InChI=1S/C20H21ClN4OS/c1-26-18-7-3-2-6-17(18)19-22-24(14-23-12-4-5-13-23)20(27)25(19)16-10-8-15(21)9-11-16/h2-3,6-11H,4-5,12-14H2,1H3. The topological polar surface area (TPSA) is 35.2 Å². The lowest BCUT2D eigenvalue weighted by atomic mass is 10.2. The number of benzene rings is 2. The summed E-state index contributed by atoms with van der Waals surface area (Å²) in [6.07, 6.45) is 2.45. The average molecular weight is 401 g/mol. The third-order valence-electron chi connectivity index (χ3n) is 4.80. The molecule has 0 N–H and O–H groups in total. The Hall–Kier alpha value is -2.15. The number of rotatable bonds is 5. The van der Waals surface area contributed by atoms with Gasteiger partial charge in [0.2, 0.25) is 4.77 Å². The van der Waals surface area contributed by atoms with E-state index in [1.54, 1.807) is 7.11 Å². The van der Waals surface area contributed by atoms with Crippen LogP contribution in [0, 0.1) is 4.77 Å². The SMILES string of the molecule is COc1ccccc1-c1nn(CN2CCCC2)c(=S)n1-c1ccc(Cl)cc1. The summed E-state index contributed by atoms with van der Waals surface area (Å²) in [4.78, 5) is 2.38. The zero-order chi connectivity index (χ0) is 18.8. The molecule has 7 heteroatoms. The number of likely N-dealkylation sites (tertiary alicyclic amines) is 1. The summed E-state index contributed by atoms with van der Waals surface area (Å²) >= 11 is 11.9. The lowest BCUT2D eigenvalue weighted by Crippen LogP contribution is -2.23. The monoisotopic (exact) mass is 400 g/mol. The van der Waals surface area contributed by atoms with Gasteiger partial charge in [0.05, 0.1) is 25.0 Å². The van der Waals surface area contributed by atoms with Gasteiger partial charge in [0.25, 0.3) is 0 Å². The van der Waals surface area contributed by atoms with E-state index >= 15 is 0 Å². The number of halogens is 1. The first-order valence-electron chi connectivity index (χ1n) is 8.99. The molecule has 1 aromatic heterocycles. The summed E-state index contributed by atoms with van der Waals surface area (Å²) in [6, 6.07) is 15.5. The van der Waals surface area contributed by atoms with Crippen LogP contribution in [0.15, 0.2) is 48.5 Å². The molecule has 0 unspecified atom stereocenters. The first kappa shape index (κ1) is 18.2. The summed E-state index contributed by atoms with van der Waals surface area (Å²) in [5.41, 5.74) is 1.83. The number of methoxy groups -OCH3 is 1. The summed E-state index contributed by atoms with van der Waals surface area (Å²) in [6.45, 7) is 2.86. The van der Waals surface area contributed by atoms with Gasteiger partial charge in [0.1, 0.15) is 5.75 Å². The average Bonchev–Trinajstić information content (AvgIpc) is 3.31. The molecule has 0 amide bonds. The Morgan fingerprint density at radius 3 is 2.48 bits per heavy atom. The second-order valence-corrected chi connectivity index (χ2v) is 7.39. The van der Waals surface area contributed by atoms with E-state index in [1.165, 1.54) is 12.8 Å². The molecule has 0 saturated carbocycles. The maximum Gasteiger partial charge on any atom is 0.204 e. The summed E-state index contributed by atoms with van der Waals surface area (Å²) in [7, 11) is 1.67. The van der Waals surface area contributed by atoms with Crippen LogP contribution in [-0.4, -0.2) is 39.4 Å². The fourth-order valence-corrected chi connectivity index (χ4v) is 3.86. The first-order chi connectivity index (χ1) is 13.2. The van der Waals surface area contributed by atoms with Gasteiger partial charge in [-0.05, 0) is 74.5 Å². The van der Waals surface area contributed by atoms with Gasteiger partial charge >= 0.3 is 0 Å². The molecule has 140 valence electrons. The van der Waals surface area contributed by atoms with Gasteiger partial charge in [0, 0.05) is 5.02 Å². The summed E-state index contributed by atoms with van der Waals surface area (Å²) in [5, 5.41) is 5.56. The van der Waals surface area contributed by atoms with Crippen molar-refractivity contribution in [3.8, 4) is 22.8 Å². The van der Waals surface area contributed by atoms with Crippen LogP contribution in [0.3, 0.4) is 0 Å². The maximum absolute atomic E-state index is 6.08. The quantitative estimate of drug-likeness (QED) is 0.577. The van der Waals surface area contributed by atoms with Crippen molar-refractivity contribution in [2.45, 2.75) is 19.5 Å². The third-order valence-corrected chi connectivity index (χ3v) is 5.45. The molecule has 2 aromatic carbocycles. The fraction of sp³-hybridized carbons (Fsp3) is 0.300. The van der Waals surface area contributed by atoms with Crippen LogP contribution in [-0.2, 0) is 6.67 Å². The van der Waals surface area contributed by atoms with E-state index < -0.39 is 0 Å². The number of aromatic nitrogens is 3. The van der Waals surface area contributed by atoms with Gasteiger partial charge in [-0.2, -0.15) is 0 Å². The van der Waals surface area contributed by atoms with Crippen molar-refractivity contribution in [3.63, 3.8) is 0 Å². The van der Waals surface area contributed by atoms with E-state index in [2.05, 4.69) is 4.90 Å². The van der Waals surface area contributed by atoms with E-state index in [0.717, 1.165) is 35.9 Å². The highest BCUT2D eigenvalue weighted by Crippen LogP contribution is 2.31. The minimum Gasteiger partial charge on any atom is -0.496 e. The summed E-state index contributed by atoms with van der Waals surface area (Å²) in [5.74, 6) is 1.53. The van der Waals surface area contributed by atoms with Crippen LogP contribution in [0.25, 0.3) is 17.1 Å². The molecular weight excluding hydrogens is 380 g/mol. The predicted molar refractivity (Wildman–Crippen MR) is 110 cm³/mol. The fourth-order valence-electron chi connectivity index (χ4n) is 3.44. The maximum atomic E-state index is 6.08. The third kappa shape index (κ3) is 3.65. The molecule has 2 heterocycles. The van der Waals surface area contributed by atoms with Crippen LogP contribution in [0.4, 0.5) is 0 Å². The molecule has 1 fully saturated rings. The van der Waals surface area contributed by atoms with E-state index in [-0.39, 0.29) is 0 Å². The van der Waals surface area contributed by atoms with E-state index in [4.69, 9.17) is 33.7 Å². The van der Waals surface area contributed by atoms with Crippen LogP contribution in [0.2, 0.25) is 5.02 Å². The molecule has 0 aliphatic carbocycles. The highest BCUT2D eigenvalue weighted by Gasteiger charge is 2.20. The molecule has 1 aliphatic heterocycles. The van der Waals surface area contributed by atoms with Crippen molar-refractivity contribution >= 4 is 23.8 Å². The zero-order valence-electron chi connectivity index (χ0n) is 15.1. The van der Waals surface area contributed by atoms with Crippen molar-refractivity contribution in [2.24, 2.45) is 0 Å². The molecular formula is C20H21ClN4OS. The van der Waals surface area contributed by atoms with Gasteiger partial charge in [-0.25, -0.2) is 4.68 Å². The molecule has 0 spiro atoms. The number of para-hydroxylation sites is 1. The second kappa shape index (κ2) is 7.84. The highest BCUT2D eigenvalue weighted by atomic mass is 35.5. The number of hydrogen-bond donors (Lipinski definition) is 0. The number of nitrogens with zero attached hydrogens (tertiary/aromatic N) is 4. The van der Waals surface area contributed by atoms with Crippen molar-refractivity contribution in [1.82, 2.24) is 19.2 Å². The van der Waals surface area contributed by atoms with Gasteiger partial charge in [-0.15, -0.1) is 5.10 Å². The number of ether oxygens (including phenoxy) is 1. The van der Waals surface area contributed by atoms with Crippen molar-refractivity contribution in [2.75, 3.05) is 20.2 Å². The second-order valence-electron chi connectivity index (χ2n) is 6.58. The van der Waals surface area contributed by atoms with Crippen LogP contribution >= 0.6 is 23.8 Å². The minimum absolute atomic E-state index is 0.658. The Morgan fingerprint density at radius 2 is 1.78 bits per heavy atom. The van der Waals surface area contributed by atoms with Crippen molar-refractivity contribution in [3.05, 3.63) is 58.3 Å². The summed E-state index contributed by atoms with van der Waals surface area (Å²) < 4.78 is 10.1. The van der Waals surface area contributed by atoms with Gasteiger partial charge in [-0.1, -0.05) is 23.7 Å². The first-order valence-corrected chi connectivity index (χ1v) is 9.77. The Balaban J connectivity index is 1.87. The largest absolute Gasteiger partial charge is 0.496 e. The Labute approximate surface area is 168 Å². The van der Waals surface area contributed by atoms with Gasteiger partial charge in [0.15, 0.2) is 5.82 Å². The molecule has 0 bridgehead atoms. The number of hydrogen-bond acceptors (Lipinski definition) is 4. The van der Waals surface area contributed by atoms with E-state index in [9.17, 15) is 0 Å². The molecule has 0 atom stereocenters. The molecule has 5 nitrogen and oxygen atoms in total. The lowest BCUT2D eigenvalue weighted by molar-refractivity contribution is 0.253. The lowest BCUT2D eigenvalue weighted by Gasteiger charge is -2.13. The van der Waals surface area contributed by atoms with Crippen molar-refractivity contribution in [1.29, 1.82) is 0 Å². The predicted octanol–water partition coefficient (Wildman–Crippen LogP) is 4.79. The van der Waals surface area contributed by atoms with Crippen LogP contribution in [0.5, 0.6) is 5.75 Å². The van der Waals surface area contributed by atoms with Gasteiger partial charge in [-0.3, -0.25) is 9.47 Å². The minimum atomic E-state index is 0.658. The Morgan fingerprint density at radius 1 is 1.07 bits per heavy atom. The van der Waals surface area contributed by atoms with E-state index in [0.29, 0.717) is 16.5 Å². The van der Waals surface area contributed by atoms with Crippen LogP contribution < -0.4 is 4.74 Å². The van der Waals surface area contributed by atoms with Gasteiger partial charge < -0.3 is 4.74 Å². The molecule has 27 heavy (non-hydrogen) atoms. The highest BCUT2D eigenvalue weighted by molar-refractivity contribution is 7.71. The van der Waals surface area contributed by atoms with Crippen molar-refractivity contribution < 1.29 is 4.74 Å². The van der Waals surface area contributed by atoms with E-state index in [1.807, 2.05) is 57.8 Å². The molecule has 0 radical (unpaired) electrons. The molecule has 1 aliphatic rings. The van der Waals surface area contributed by atoms with Crippen LogP contribution in [0.1, 0.15) is 12.8 Å².